The number of hydrogen-bond acceptors (Lipinski definition) is 5. The van der Waals surface area contributed by atoms with E-state index in [2.05, 4.69) is 14.9 Å². The minimum Gasteiger partial charge on any atom is -0.393 e. The average molecular weight is 234 g/mol. The van der Waals surface area contributed by atoms with Crippen LogP contribution in [0.1, 0.15) is 18.4 Å². The van der Waals surface area contributed by atoms with E-state index in [1.54, 1.807) is 12.4 Å². The highest BCUT2D eigenvalue weighted by atomic mass is 16.3. The Labute approximate surface area is 101 Å². The third-order valence-electron chi connectivity index (χ3n) is 4.03. The van der Waals surface area contributed by atoms with Gasteiger partial charge in [0.1, 0.15) is 0 Å². The van der Waals surface area contributed by atoms with E-state index in [1.807, 2.05) is 0 Å². The second-order valence-corrected chi connectivity index (χ2v) is 5.07. The zero-order valence-corrected chi connectivity index (χ0v) is 9.79. The van der Waals surface area contributed by atoms with Crippen molar-refractivity contribution in [3.63, 3.8) is 0 Å². The van der Waals surface area contributed by atoms with Crippen molar-refractivity contribution in [1.29, 1.82) is 0 Å². The van der Waals surface area contributed by atoms with Crippen LogP contribution in [-0.2, 0) is 6.54 Å². The molecule has 1 saturated carbocycles. The summed E-state index contributed by atoms with van der Waals surface area (Å²) in [7, 11) is 0. The largest absolute Gasteiger partial charge is 0.393 e. The maximum atomic E-state index is 9.86. The zero-order valence-electron chi connectivity index (χ0n) is 9.79. The molecule has 3 unspecified atom stereocenters. The van der Waals surface area contributed by atoms with Gasteiger partial charge in [-0.3, -0.25) is 0 Å². The molecule has 0 radical (unpaired) electrons. The number of nitrogens with zero attached hydrogens (tertiary/aromatic N) is 3. The van der Waals surface area contributed by atoms with Crippen LogP contribution in [0.3, 0.4) is 0 Å². The number of hydrogen-bond donors (Lipinski definition) is 2. The molecular weight excluding hydrogens is 216 g/mol. The van der Waals surface area contributed by atoms with Crippen molar-refractivity contribution in [2.75, 3.05) is 18.0 Å². The van der Waals surface area contributed by atoms with Crippen LogP contribution in [0, 0.1) is 11.8 Å². The number of fused-ring (bicyclic) bond motifs is 1. The van der Waals surface area contributed by atoms with Gasteiger partial charge in [0, 0.05) is 43.5 Å². The summed E-state index contributed by atoms with van der Waals surface area (Å²) in [4.78, 5) is 10.9. The molecule has 3 rings (SSSR count). The minimum atomic E-state index is -0.131. The molecule has 1 aliphatic heterocycles. The summed E-state index contributed by atoms with van der Waals surface area (Å²) in [6.45, 7) is 2.34. The van der Waals surface area contributed by atoms with E-state index >= 15 is 0 Å². The fourth-order valence-corrected chi connectivity index (χ4v) is 3.02. The smallest absolute Gasteiger partial charge is 0.225 e. The van der Waals surface area contributed by atoms with Crippen molar-refractivity contribution >= 4 is 5.95 Å². The van der Waals surface area contributed by atoms with Crippen LogP contribution in [0.2, 0.25) is 0 Å². The number of rotatable bonds is 2. The van der Waals surface area contributed by atoms with Gasteiger partial charge in [-0.2, -0.15) is 0 Å². The van der Waals surface area contributed by atoms with Crippen LogP contribution < -0.4 is 10.6 Å². The molecule has 17 heavy (non-hydrogen) atoms. The predicted molar refractivity (Wildman–Crippen MR) is 64.4 cm³/mol. The third-order valence-corrected chi connectivity index (χ3v) is 4.03. The molecule has 3 atom stereocenters. The third kappa shape index (κ3) is 1.89. The van der Waals surface area contributed by atoms with Crippen molar-refractivity contribution in [1.82, 2.24) is 9.97 Å². The fourth-order valence-electron chi connectivity index (χ4n) is 3.02. The molecule has 2 heterocycles. The first-order valence-corrected chi connectivity index (χ1v) is 6.22. The molecule has 1 aromatic rings. The van der Waals surface area contributed by atoms with Gasteiger partial charge in [0.15, 0.2) is 0 Å². The predicted octanol–water partition coefficient (Wildman–Crippen LogP) is 0.142. The topological polar surface area (TPSA) is 75.3 Å². The SMILES string of the molecule is NCc1cnc(N2CC3CCC(O)C3C2)nc1. The highest BCUT2D eigenvalue weighted by molar-refractivity contribution is 5.33. The van der Waals surface area contributed by atoms with Crippen molar-refractivity contribution in [2.24, 2.45) is 17.6 Å². The van der Waals surface area contributed by atoms with Crippen molar-refractivity contribution in [3.05, 3.63) is 18.0 Å². The molecule has 0 aromatic carbocycles. The van der Waals surface area contributed by atoms with Gasteiger partial charge >= 0.3 is 0 Å². The summed E-state index contributed by atoms with van der Waals surface area (Å²) in [6.07, 6.45) is 5.52. The molecule has 0 bridgehead atoms. The van der Waals surface area contributed by atoms with E-state index in [9.17, 15) is 5.11 Å². The summed E-state index contributed by atoms with van der Waals surface area (Å²) in [5.74, 6) is 1.79. The highest BCUT2D eigenvalue weighted by Gasteiger charge is 2.42. The standard InChI is InChI=1S/C12H18N4O/c13-3-8-4-14-12(15-5-8)16-6-9-1-2-11(17)10(9)7-16/h4-5,9-11,17H,1-3,6-7,13H2. The van der Waals surface area contributed by atoms with E-state index in [-0.39, 0.29) is 6.10 Å². The van der Waals surface area contributed by atoms with Gasteiger partial charge in [-0.25, -0.2) is 9.97 Å². The van der Waals surface area contributed by atoms with Crippen molar-refractivity contribution in [2.45, 2.75) is 25.5 Å². The lowest BCUT2D eigenvalue weighted by Gasteiger charge is -2.18. The van der Waals surface area contributed by atoms with Crippen molar-refractivity contribution in [3.8, 4) is 0 Å². The van der Waals surface area contributed by atoms with Gasteiger partial charge < -0.3 is 15.7 Å². The lowest BCUT2D eigenvalue weighted by molar-refractivity contribution is 0.133. The second kappa shape index (κ2) is 4.23. The van der Waals surface area contributed by atoms with Crippen LogP contribution in [0.5, 0.6) is 0 Å². The average Bonchev–Trinajstić information content (AvgIpc) is 2.92. The van der Waals surface area contributed by atoms with E-state index in [1.165, 1.54) is 0 Å². The Balaban J connectivity index is 1.73. The van der Waals surface area contributed by atoms with Crippen LogP contribution in [-0.4, -0.2) is 34.3 Å². The number of aliphatic hydroxyl groups excluding tert-OH is 1. The Hall–Kier alpha value is -1.20. The molecule has 0 amide bonds. The normalized spacial score (nSPS) is 31.9. The lowest BCUT2D eigenvalue weighted by Crippen LogP contribution is -2.26. The summed E-state index contributed by atoms with van der Waals surface area (Å²) in [6, 6.07) is 0. The van der Waals surface area contributed by atoms with Gasteiger partial charge in [-0.15, -0.1) is 0 Å². The fraction of sp³-hybridized carbons (Fsp3) is 0.667. The molecule has 2 fully saturated rings. The van der Waals surface area contributed by atoms with E-state index in [0.717, 1.165) is 37.4 Å². The summed E-state index contributed by atoms with van der Waals surface area (Å²) < 4.78 is 0. The molecule has 5 nitrogen and oxygen atoms in total. The van der Waals surface area contributed by atoms with Crippen LogP contribution in [0.15, 0.2) is 12.4 Å². The first-order valence-electron chi connectivity index (χ1n) is 6.22. The van der Waals surface area contributed by atoms with Crippen LogP contribution >= 0.6 is 0 Å². The Morgan fingerprint density at radius 3 is 2.71 bits per heavy atom. The van der Waals surface area contributed by atoms with Gasteiger partial charge in [0.05, 0.1) is 6.10 Å². The Kier molecular flexibility index (Phi) is 2.72. The van der Waals surface area contributed by atoms with E-state index in [4.69, 9.17) is 5.73 Å². The van der Waals surface area contributed by atoms with Crippen LogP contribution in [0.4, 0.5) is 5.95 Å². The monoisotopic (exact) mass is 234 g/mol. The maximum absolute atomic E-state index is 9.86. The van der Waals surface area contributed by atoms with Crippen molar-refractivity contribution < 1.29 is 5.11 Å². The summed E-state index contributed by atoms with van der Waals surface area (Å²) >= 11 is 0. The first kappa shape index (κ1) is 10.9. The first-order chi connectivity index (χ1) is 8.28. The van der Waals surface area contributed by atoms with Gasteiger partial charge in [0.25, 0.3) is 0 Å². The van der Waals surface area contributed by atoms with E-state index < -0.39 is 0 Å². The number of nitrogens with two attached hydrogens (primary N) is 1. The second-order valence-electron chi connectivity index (χ2n) is 5.07. The van der Waals surface area contributed by atoms with Gasteiger partial charge in [-0.1, -0.05) is 0 Å². The van der Waals surface area contributed by atoms with E-state index in [0.29, 0.717) is 18.4 Å². The Morgan fingerprint density at radius 1 is 1.29 bits per heavy atom. The van der Waals surface area contributed by atoms with Gasteiger partial charge in [0.2, 0.25) is 5.95 Å². The number of aliphatic hydroxyl groups is 1. The number of aromatic nitrogens is 2. The molecule has 3 N–H and O–H groups in total. The van der Waals surface area contributed by atoms with Gasteiger partial charge in [-0.05, 0) is 18.8 Å². The molecule has 0 spiro atoms. The van der Waals surface area contributed by atoms with Crippen LogP contribution in [0.25, 0.3) is 0 Å². The number of anilines is 1. The molecular formula is C12H18N4O. The molecule has 1 aromatic heterocycles. The minimum absolute atomic E-state index is 0.131. The Morgan fingerprint density at radius 2 is 2.06 bits per heavy atom. The summed E-state index contributed by atoms with van der Waals surface area (Å²) in [5, 5.41) is 9.86. The molecule has 92 valence electrons. The zero-order chi connectivity index (χ0) is 11.8. The highest BCUT2D eigenvalue weighted by Crippen LogP contribution is 2.38. The maximum Gasteiger partial charge on any atom is 0.225 e. The Bertz CT molecular complexity index is 394. The summed E-state index contributed by atoms with van der Waals surface area (Å²) in [5.41, 5.74) is 6.47. The molecule has 2 aliphatic rings. The molecule has 1 saturated heterocycles. The lowest BCUT2D eigenvalue weighted by atomic mass is 10.00. The quantitative estimate of drug-likeness (QED) is 0.761. The molecule has 5 heteroatoms. The molecule has 1 aliphatic carbocycles.